The number of Topliss-reactive ketones (excluding diaryl/α,β-unsaturated/α-hetero) is 1. The topological polar surface area (TPSA) is 59.8 Å². The Morgan fingerprint density at radius 2 is 2.16 bits per heavy atom. The lowest BCUT2D eigenvalue weighted by Crippen LogP contribution is -2.46. The lowest BCUT2D eigenvalue weighted by atomic mass is 9.78. The Hall–Kier alpha value is -1.23. The average Bonchev–Trinajstić information content (AvgIpc) is 2.88. The molecule has 0 atom stereocenters. The number of nitrogens with one attached hydrogen (secondary N) is 1. The van der Waals surface area contributed by atoms with E-state index in [1.54, 1.807) is 10.9 Å². The highest BCUT2D eigenvalue weighted by molar-refractivity contribution is 5.94. The molecule has 1 saturated carbocycles. The molecule has 1 aromatic rings. The zero-order chi connectivity index (χ0) is 13.7. The molecular weight excluding hydrogens is 240 g/mol. The van der Waals surface area contributed by atoms with Gasteiger partial charge in [0.15, 0.2) is 5.78 Å². The number of hydrogen-bond acceptors (Lipinski definition) is 4. The fourth-order valence-electron chi connectivity index (χ4n) is 2.99. The first-order chi connectivity index (χ1) is 9.21. The second-order valence-electron chi connectivity index (χ2n) is 5.53. The molecule has 0 aliphatic heterocycles. The summed E-state index contributed by atoms with van der Waals surface area (Å²) in [5.74, 6) is 0.162. The molecular formula is C14H24N4O. The summed E-state index contributed by atoms with van der Waals surface area (Å²) in [5, 5.41) is 11.3. The van der Waals surface area contributed by atoms with Crippen LogP contribution < -0.4 is 5.32 Å². The molecule has 0 unspecified atom stereocenters. The van der Waals surface area contributed by atoms with Gasteiger partial charge in [-0.05, 0) is 26.3 Å². The van der Waals surface area contributed by atoms with Crippen LogP contribution in [-0.2, 0) is 6.54 Å². The summed E-state index contributed by atoms with van der Waals surface area (Å²) < 4.78 is 1.73. The van der Waals surface area contributed by atoms with Crippen LogP contribution in [0, 0.1) is 0 Å². The summed E-state index contributed by atoms with van der Waals surface area (Å²) in [6.07, 6.45) is 8.99. The molecule has 0 amide bonds. The Balaban J connectivity index is 2.08. The van der Waals surface area contributed by atoms with Crippen LogP contribution in [-0.4, -0.2) is 33.4 Å². The Morgan fingerprint density at radius 1 is 1.42 bits per heavy atom. The first-order valence-electron chi connectivity index (χ1n) is 7.31. The van der Waals surface area contributed by atoms with Crippen LogP contribution in [0.25, 0.3) is 0 Å². The number of carbonyl (C=O) groups excluding carboxylic acids is 1. The van der Waals surface area contributed by atoms with Crippen molar-refractivity contribution in [1.82, 2.24) is 20.3 Å². The van der Waals surface area contributed by atoms with Crippen molar-refractivity contribution in [2.45, 2.75) is 64.0 Å². The number of hydrogen-bond donors (Lipinski definition) is 1. The third-order valence-corrected chi connectivity index (χ3v) is 4.18. The number of nitrogens with zero attached hydrogens (tertiary/aromatic N) is 3. The van der Waals surface area contributed by atoms with Gasteiger partial charge in [-0.15, -0.1) is 5.10 Å². The third-order valence-electron chi connectivity index (χ3n) is 4.18. The maximum atomic E-state index is 12.5. The van der Waals surface area contributed by atoms with Crippen LogP contribution in [0.5, 0.6) is 0 Å². The molecule has 2 rings (SSSR count). The van der Waals surface area contributed by atoms with Crippen molar-refractivity contribution in [3.8, 4) is 0 Å². The predicted octanol–water partition coefficient (Wildman–Crippen LogP) is 2.18. The zero-order valence-electron chi connectivity index (χ0n) is 12.0. The van der Waals surface area contributed by atoms with Gasteiger partial charge in [-0.1, -0.05) is 31.4 Å². The van der Waals surface area contributed by atoms with Crippen LogP contribution in [0.3, 0.4) is 0 Å². The predicted molar refractivity (Wildman–Crippen MR) is 74.1 cm³/mol. The van der Waals surface area contributed by atoms with E-state index >= 15 is 0 Å². The molecule has 1 aliphatic rings. The molecule has 1 N–H and O–H groups in total. The van der Waals surface area contributed by atoms with Gasteiger partial charge in [0, 0.05) is 18.5 Å². The number of carbonyl (C=O) groups is 1. The van der Waals surface area contributed by atoms with Crippen molar-refractivity contribution in [3.63, 3.8) is 0 Å². The third kappa shape index (κ3) is 3.21. The molecule has 1 aliphatic carbocycles. The monoisotopic (exact) mass is 264 g/mol. The van der Waals surface area contributed by atoms with Crippen molar-refractivity contribution >= 4 is 5.78 Å². The van der Waals surface area contributed by atoms with E-state index in [2.05, 4.69) is 22.6 Å². The Kier molecular flexibility index (Phi) is 4.69. The molecule has 1 aromatic heterocycles. The summed E-state index contributed by atoms with van der Waals surface area (Å²) in [6.45, 7) is 2.83. The fraction of sp³-hybridized carbons (Fsp3) is 0.786. The summed E-state index contributed by atoms with van der Waals surface area (Å²) in [5.41, 5.74) is 0.637. The Bertz CT molecular complexity index is 421. The molecule has 106 valence electrons. The lowest BCUT2D eigenvalue weighted by Gasteiger charge is -2.36. The lowest BCUT2D eigenvalue weighted by molar-refractivity contribution is 0.0904. The van der Waals surface area contributed by atoms with E-state index < -0.39 is 0 Å². The number of aromatic nitrogens is 3. The minimum atomic E-state index is -0.0172. The van der Waals surface area contributed by atoms with Crippen molar-refractivity contribution in [2.75, 3.05) is 7.05 Å². The smallest absolute Gasteiger partial charge is 0.184 e. The van der Waals surface area contributed by atoms with Crippen LogP contribution in [0.1, 0.15) is 62.4 Å². The van der Waals surface area contributed by atoms with E-state index in [0.29, 0.717) is 12.1 Å². The van der Waals surface area contributed by atoms with Gasteiger partial charge in [-0.25, -0.2) is 4.68 Å². The minimum absolute atomic E-state index is 0.0172. The molecule has 5 nitrogen and oxygen atoms in total. The normalized spacial score (nSPS) is 18.4. The van der Waals surface area contributed by atoms with Gasteiger partial charge in [0.2, 0.25) is 0 Å². The summed E-state index contributed by atoms with van der Waals surface area (Å²) >= 11 is 0. The van der Waals surface area contributed by atoms with E-state index in [-0.39, 0.29) is 11.3 Å². The molecule has 19 heavy (non-hydrogen) atoms. The van der Waals surface area contributed by atoms with Gasteiger partial charge in [0.05, 0.1) is 6.20 Å². The quantitative estimate of drug-likeness (QED) is 0.800. The van der Waals surface area contributed by atoms with Gasteiger partial charge in [-0.3, -0.25) is 4.79 Å². The first-order valence-corrected chi connectivity index (χ1v) is 7.31. The number of aryl methyl sites for hydroxylation is 1. The molecule has 0 saturated heterocycles. The molecule has 1 heterocycles. The van der Waals surface area contributed by atoms with Crippen molar-refractivity contribution in [1.29, 1.82) is 0 Å². The molecule has 1 fully saturated rings. The SMILES string of the molecule is CCCn1nncc1C(=O)CC1(NC)CCCCC1. The largest absolute Gasteiger partial charge is 0.314 e. The molecule has 0 spiro atoms. The van der Waals surface area contributed by atoms with Crippen molar-refractivity contribution in [2.24, 2.45) is 0 Å². The number of rotatable bonds is 6. The van der Waals surface area contributed by atoms with Crippen LogP contribution >= 0.6 is 0 Å². The molecule has 0 aromatic carbocycles. The van der Waals surface area contributed by atoms with Gasteiger partial charge < -0.3 is 5.32 Å². The van der Waals surface area contributed by atoms with Crippen LogP contribution in [0.4, 0.5) is 0 Å². The zero-order valence-corrected chi connectivity index (χ0v) is 12.0. The number of ketones is 1. The first kappa shape index (κ1) is 14.2. The maximum absolute atomic E-state index is 12.5. The van der Waals surface area contributed by atoms with Gasteiger partial charge in [-0.2, -0.15) is 0 Å². The molecule has 0 radical (unpaired) electrons. The van der Waals surface area contributed by atoms with E-state index in [0.717, 1.165) is 25.8 Å². The Labute approximate surface area is 114 Å². The van der Waals surface area contributed by atoms with Gasteiger partial charge >= 0.3 is 0 Å². The highest BCUT2D eigenvalue weighted by Crippen LogP contribution is 2.31. The second kappa shape index (κ2) is 6.28. The highest BCUT2D eigenvalue weighted by atomic mass is 16.1. The summed E-state index contributed by atoms with van der Waals surface area (Å²) in [7, 11) is 1.97. The van der Waals surface area contributed by atoms with E-state index in [1.807, 2.05) is 7.05 Å². The average molecular weight is 264 g/mol. The minimum Gasteiger partial charge on any atom is -0.314 e. The fourth-order valence-corrected chi connectivity index (χ4v) is 2.99. The maximum Gasteiger partial charge on any atom is 0.184 e. The van der Waals surface area contributed by atoms with Gasteiger partial charge in [0.25, 0.3) is 0 Å². The van der Waals surface area contributed by atoms with E-state index in [9.17, 15) is 4.79 Å². The highest BCUT2D eigenvalue weighted by Gasteiger charge is 2.33. The van der Waals surface area contributed by atoms with Crippen LogP contribution in [0.2, 0.25) is 0 Å². The standard InChI is InChI=1S/C14H24N4O/c1-3-9-18-12(11-16-17-18)13(19)10-14(15-2)7-5-4-6-8-14/h11,15H,3-10H2,1-2H3. The molecule has 0 bridgehead atoms. The van der Waals surface area contributed by atoms with Crippen molar-refractivity contribution < 1.29 is 4.79 Å². The molecule has 5 heteroatoms. The summed E-state index contributed by atoms with van der Waals surface area (Å²) in [4.78, 5) is 12.5. The van der Waals surface area contributed by atoms with Gasteiger partial charge in [0.1, 0.15) is 5.69 Å². The summed E-state index contributed by atoms with van der Waals surface area (Å²) in [6, 6.07) is 0. The van der Waals surface area contributed by atoms with Crippen molar-refractivity contribution in [3.05, 3.63) is 11.9 Å². The van der Waals surface area contributed by atoms with E-state index in [1.165, 1.54) is 19.3 Å². The second-order valence-corrected chi connectivity index (χ2v) is 5.53. The van der Waals surface area contributed by atoms with E-state index in [4.69, 9.17) is 0 Å². The Morgan fingerprint density at radius 3 is 2.79 bits per heavy atom. The van der Waals surface area contributed by atoms with Crippen LogP contribution in [0.15, 0.2) is 6.20 Å².